The second kappa shape index (κ2) is 6.03. The van der Waals surface area contributed by atoms with Crippen molar-refractivity contribution in [3.05, 3.63) is 34.8 Å². The molecule has 1 aliphatic heterocycles. The van der Waals surface area contributed by atoms with Crippen molar-refractivity contribution in [1.82, 2.24) is 19.4 Å². The summed E-state index contributed by atoms with van der Waals surface area (Å²) in [5.74, 6) is 1.03. The molecule has 0 radical (unpaired) electrons. The zero-order chi connectivity index (χ0) is 13.9. The molecule has 0 spiro atoms. The van der Waals surface area contributed by atoms with Crippen molar-refractivity contribution in [3.8, 4) is 0 Å². The van der Waals surface area contributed by atoms with Crippen LogP contribution in [0.1, 0.15) is 29.6 Å². The van der Waals surface area contributed by atoms with Crippen LogP contribution < -0.4 is 0 Å². The van der Waals surface area contributed by atoms with Crippen LogP contribution in [0.15, 0.2) is 24.1 Å². The van der Waals surface area contributed by atoms with Crippen LogP contribution in [0, 0.1) is 5.92 Å². The maximum Gasteiger partial charge on any atom is 0.137 e. The molecule has 3 rings (SSSR count). The number of likely N-dealkylation sites (tertiary alicyclic amines) is 1. The SMILES string of the molecule is Cn1ccnc1C(O)C1CCCN(Cc2cncs2)C1. The molecule has 1 fully saturated rings. The molecule has 0 aliphatic carbocycles. The lowest BCUT2D eigenvalue weighted by Crippen LogP contribution is -2.37. The molecule has 0 saturated carbocycles. The first-order valence-electron chi connectivity index (χ1n) is 6.99. The lowest BCUT2D eigenvalue weighted by molar-refractivity contribution is 0.0408. The van der Waals surface area contributed by atoms with Gasteiger partial charge in [0.2, 0.25) is 0 Å². The summed E-state index contributed by atoms with van der Waals surface area (Å²) >= 11 is 1.69. The second-order valence-electron chi connectivity index (χ2n) is 5.45. The second-order valence-corrected chi connectivity index (χ2v) is 6.42. The summed E-state index contributed by atoms with van der Waals surface area (Å²) in [6, 6.07) is 0. The van der Waals surface area contributed by atoms with Crippen molar-refractivity contribution in [2.45, 2.75) is 25.5 Å². The van der Waals surface area contributed by atoms with Gasteiger partial charge in [-0.25, -0.2) is 4.98 Å². The predicted octanol–water partition coefficient (Wildman–Crippen LogP) is 1.82. The topological polar surface area (TPSA) is 54.2 Å². The molecule has 2 unspecified atom stereocenters. The van der Waals surface area contributed by atoms with E-state index in [1.807, 2.05) is 29.5 Å². The van der Waals surface area contributed by atoms with Crippen LogP contribution in [0.5, 0.6) is 0 Å². The number of aliphatic hydroxyl groups is 1. The van der Waals surface area contributed by atoms with Gasteiger partial charge in [-0.3, -0.25) is 9.88 Å². The van der Waals surface area contributed by atoms with Gasteiger partial charge in [-0.1, -0.05) is 0 Å². The van der Waals surface area contributed by atoms with Gasteiger partial charge in [-0.2, -0.15) is 0 Å². The van der Waals surface area contributed by atoms with Gasteiger partial charge in [-0.05, 0) is 19.4 Å². The molecule has 5 nitrogen and oxygen atoms in total. The van der Waals surface area contributed by atoms with Crippen molar-refractivity contribution >= 4 is 11.3 Å². The number of hydrogen-bond acceptors (Lipinski definition) is 5. The van der Waals surface area contributed by atoms with Gasteiger partial charge in [-0.15, -0.1) is 11.3 Å². The van der Waals surface area contributed by atoms with E-state index in [1.165, 1.54) is 4.88 Å². The number of aliphatic hydroxyl groups excluding tert-OH is 1. The van der Waals surface area contributed by atoms with E-state index in [0.717, 1.165) is 38.3 Å². The van der Waals surface area contributed by atoms with Gasteiger partial charge in [0.25, 0.3) is 0 Å². The third kappa shape index (κ3) is 2.92. The number of thiazole rings is 1. The van der Waals surface area contributed by atoms with Crippen LogP contribution in [-0.4, -0.2) is 37.6 Å². The summed E-state index contributed by atoms with van der Waals surface area (Å²) in [6.07, 6.45) is 7.29. The van der Waals surface area contributed by atoms with Crippen LogP contribution in [0.2, 0.25) is 0 Å². The normalized spacial score (nSPS) is 22.0. The Morgan fingerprint density at radius 3 is 3.15 bits per heavy atom. The number of nitrogens with zero attached hydrogens (tertiary/aromatic N) is 4. The van der Waals surface area contributed by atoms with Crippen LogP contribution in [0.25, 0.3) is 0 Å². The first kappa shape index (κ1) is 13.7. The minimum absolute atomic E-state index is 0.262. The van der Waals surface area contributed by atoms with Crippen molar-refractivity contribution in [1.29, 1.82) is 0 Å². The van der Waals surface area contributed by atoms with E-state index < -0.39 is 6.10 Å². The molecule has 0 bridgehead atoms. The molecular formula is C14H20N4OS. The van der Waals surface area contributed by atoms with Crippen LogP contribution in [0.3, 0.4) is 0 Å². The predicted molar refractivity (Wildman–Crippen MR) is 78.3 cm³/mol. The number of imidazole rings is 1. The Balaban J connectivity index is 1.64. The van der Waals surface area contributed by atoms with Crippen molar-refractivity contribution in [3.63, 3.8) is 0 Å². The Bertz CT molecular complexity index is 539. The van der Waals surface area contributed by atoms with E-state index in [-0.39, 0.29) is 5.92 Å². The van der Waals surface area contributed by atoms with Crippen molar-refractivity contribution in [2.24, 2.45) is 13.0 Å². The quantitative estimate of drug-likeness (QED) is 0.934. The molecule has 0 aromatic carbocycles. The van der Waals surface area contributed by atoms with E-state index in [1.54, 1.807) is 17.5 Å². The fourth-order valence-electron chi connectivity index (χ4n) is 2.91. The fourth-order valence-corrected chi connectivity index (χ4v) is 3.54. The fraction of sp³-hybridized carbons (Fsp3) is 0.571. The number of rotatable bonds is 4. The Hall–Kier alpha value is -1.24. The highest BCUT2D eigenvalue weighted by Gasteiger charge is 2.29. The monoisotopic (exact) mass is 292 g/mol. The summed E-state index contributed by atoms with van der Waals surface area (Å²) in [7, 11) is 1.93. The molecule has 20 heavy (non-hydrogen) atoms. The Labute approximate surface area is 122 Å². The average molecular weight is 292 g/mol. The molecule has 108 valence electrons. The van der Waals surface area contributed by atoms with E-state index in [2.05, 4.69) is 14.9 Å². The molecular weight excluding hydrogens is 272 g/mol. The molecule has 3 heterocycles. The van der Waals surface area contributed by atoms with Crippen LogP contribution in [-0.2, 0) is 13.6 Å². The third-order valence-electron chi connectivity index (χ3n) is 3.97. The largest absolute Gasteiger partial charge is 0.385 e. The molecule has 2 aromatic heterocycles. The van der Waals surface area contributed by atoms with E-state index in [0.29, 0.717) is 0 Å². The zero-order valence-corrected chi connectivity index (χ0v) is 12.5. The van der Waals surface area contributed by atoms with Gasteiger partial charge in [0.15, 0.2) is 0 Å². The maximum absolute atomic E-state index is 10.5. The molecule has 6 heteroatoms. The lowest BCUT2D eigenvalue weighted by Gasteiger charge is -2.34. The molecule has 1 saturated heterocycles. The Morgan fingerprint density at radius 1 is 1.55 bits per heavy atom. The molecule has 1 N–H and O–H groups in total. The summed E-state index contributed by atoms with van der Waals surface area (Å²) < 4.78 is 1.91. The lowest BCUT2D eigenvalue weighted by atomic mass is 9.92. The minimum Gasteiger partial charge on any atom is -0.385 e. The van der Waals surface area contributed by atoms with Gasteiger partial charge in [0, 0.05) is 49.5 Å². The summed E-state index contributed by atoms with van der Waals surface area (Å²) in [4.78, 5) is 12.1. The standard InChI is InChI=1S/C14H20N4OS/c1-17-6-4-16-14(17)13(19)11-3-2-5-18(8-11)9-12-7-15-10-20-12/h4,6-7,10-11,13,19H,2-3,5,8-9H2,1H3. The van der Waals surface area contributed by atoms with E-state index >= 15 is 0 Å². The number of hydrogen-bond donors (Lipinski definition) is 1. The van der Waals surface area contributed by atoms with Gasteiger partial charge >= 0.3 is 0 Å². The van der Waals surface area contributed by atoms with Gasteiger partial charge in [0.05, 0.1) is 5.51 Å². The summed E-state index contributed by atoms with van der Waals surface area (Å²) in [5, 5.41) is 10.5. The van der Waals surface area contributed by atoms with Gasteiger partial charge in [0.1, 0.15) is 11.9 Å². The molecule has 2 aromatic rings. The Kier molecular flexibility index (Phi) is 4.14. The Morgan fingerprint density at radius 2 is 2.45 bits per heavy atom. The highest BCUT2D eigenvalue weighted by Crippen LogP contribution is 2.29. The summed E-state index contributed by atoms with van der Waals surface area (Å²) in [6.45, 7) is 2.96. The third-order valence-corrected chi connectivity index (χ3v) is 4.74. The highest BCUT2D eigenvalue weighted by atomic mass is 32.1. The number of piperidine rings is 1. The highest BCUT2D eigenvalue weighted by molar-refractivity contribution is 7.09. The minimum atomic E-state index is -0.473. The van der Waals surface area contributed by atoms with Crippen LogP contribution >= 0.6 is 11.3 Å². The van der Waals surface area contributed by atoms with Crippen LogP contribution in [0.4, 0.5) is 0 Å². The molecule has 1 aliphatic rings. The molecule has 0 amide bonds. The van der Waals surface area contributed by atoms with E-state index in [9.17, 15) is 5.11 Å². The van der Waals surface area contributed by atoms with Crippen molar-refractivity contribution < 1.29 is 5.11 Å². The smallest absolute Gasteiger partial charge is 0.137 e. The number of aryl methyl sites for hydroxylation is 1. The molecule has 2 atom stereocenters. The first-order valence-corrected chi connectivity index (χ1v) is 7.87. The summed E-state index contributed by atoms with van der Waals surface area (Å²) in [5.41, 5.74) is 1.87. The average Bonchev–Trinajstić information content (AvgIpc) is 3.10. The maximum atomic E-state index is 10.5. The first-order chi connectivity index (χ1) is 9.74. The number of aromatic nitrogens is 3. The zero-order valence-electron chi connectivity index (χ0n) is 11.6. The van der Waals surface area contributed by atoms with E-state index in [4.69, 9.17) is 0 Å². The van der Waals surface area contributed by atoms with Gasteiger partial charge < -0.3 is 9.67 Å². The van der Waals surface area contributed by atoms with Crippen molar-refractivity contribution in [2.75, 3.05) is 13.1 Å².